The number of carbonyl (C=O) groups is 1. The summed E-state index contributed by atoms with van der Waals surface area (Å²) in [4.78, 5) is 12.0. The molecule has 6 nitrogen and oxygen atoms in total. The first-order valence-corrected chi connectivity index (χ1v) is 8.40. The van der Waals surface area contributed by atoms with Gasteiger partial charge < -0.3 is 8.92 Å². The maximum Gasteiger partial charge on any atom is 0.418 e. The van der Waals surface area contributed by atoms with Crippen molar-refractivity contribution >= 4 is 27.1 Å². The lowest BCUT2D eigenvalue weighted by Gasteiger charge is -2.05. The van der Waals surface area contributed by atoms with Gasteiger partial charge in [0.2, 0.25) is 0 Å². The number of fused-ring (bicyclic) bond motifs is 1. The number of hydrogen-bond acceptors (Lipinski definition) is 5. The summed E-state index contributed by atoms with van der Waals surface area (Å²) in [5, 5.41) is 0.537. The molecule has 1 aromatic heterocycles. The first-order chi connectivity index (χ1) is 9.92. The number of rotatable bonds is 5. The van der Waals surface area contributed by atoms with E-state index in [0.29, 0.717) is 17.5 Å². The van der Waals surface area contributed by atoms with E-state index in [2.05, 4.69) is 0 Å². The number of carbonyl (C=O) groups excluding carboxylic acids is 1. The Labute approximate surface area is 123 Å². The fourth-order valence-electron chi connectivity index (χ4n) is 1.90. The van der Waals surface area contributed by atoms with Crippen LogP contribution in [-0.2, 0) is 14.9 Å². The van der Waals surface area contributed by atoms with Gasteiger partial charge in [0.25, 0.3) is 0 Å². The molecule has 0 saturated carbocycles. The molecule has 114 valence electrons. The zero-order chi connectivity index (χ0) is 15.5. The Bertz CT molecular complexity index is 748. The topological polar surface area (TPSA) is 74.6 Å². The van der Waals surface area contributed by atoms with Crippen molar-refractivity contribution in [1.82, 2.24) is 4.57 Å². The normalized spacial score (nSPS) is 11.5. The van der Waals surface area contributed by atoms with E-state index in [1.807, 2.05) is 6.92 Å². The highest BCUT2D eigenvalue weighted by Crippen LogP contribution is 2.29. The van der Waals surface area contributed by atoms with Crippen LogP contribution in [0.2, 0.25) is 0 Å². The van der Waals surface area contributed by atoms with Crippen molar-refractivity contribution in [2.45, 2.75) is 19.8 Å². The van der Waals surface area contributed by atoms with Gasteiger partial charge in [0.1, 0.15) is 0 Å². The highest BCUT2D eigenvalue weighted by molar-refractivity contribution is 7.86. The van der Waals surface area contributed by atoms with Crippen molar-refractivity contribution in [2.75, 3.05) is 12.9 Å². The minimum Gasteiger partial charge on any atom is -0.449 e. The molecule has 0 spiro atoms. The molecule has 1 heterocycles. The Hall–Kier alpha value is -2.02. The first kappa shape index (κ1) is 15.4. The Morgan fingerprint density at radius 2 is 2.00 bits per heavy atom. The lowest BCUT2D eigenvalue weighted by molar-refractivity contribution is 0.147. The lowest BCUT2D eigenvalue weighted by Crippen LogP contribution is -2.13. The molecule has 2 rings (SSSR count). The van der Waals surface area contributed by atoms with Crippen LogP contribution < -0.4 is 4.18 Å². The van der Waals surface area contributed by atoms with Crippen molar-refractivity contribution in [3.05, 3.63) is 30.5 Å². The maximum atomic E-state index is 12.0. The van der Waals surface area contributed by atoms with Gasteiger partial charge in [-0.2, -0.15) is 8.42 Å². The number of para-hydroxylation sites is 1. The number of benzene rings is 1. The quantitative estimate of drug-likeness (QED) is 0.627. The molecule has 0 atom stereocenters. The van der Waals surface area contributed by atoms with Gasteiger partial charge in [-0.3, -0.25) is 0 Å². The van der Waals surface area contributed by atoms with Gasteiger partial charge in [-0.15, -0.1) is 0 Å². The molecule has 7 heteroatoms. The number of nitrogens with zero attached hydrogens (tertiary/aromatic N) is 1. The fourth-order valence-corrected chi connectivity index (χ4v) is 2.36. The minimum absolute atomic E-state index is 0.112. The van der Waals surface area contributed by atoms with Crippen molar-refractivity contribution in [2.24, 2.45) is 0 Å². The molecule has 0 N–H and O–H groups in total. The van der Waals surface area contributed by atoms with Gasteiger partial charge in [0, 0.05) is 5.39 Å². The average Bonchev–Trinajstić information content (AvgIpc) is 2.76. The molecular weight excluding hydrogens is 294 g/mol. The third-order valence-electron chi connectivity index (χ3n) is 2.84. The van der Waals surface area contributed by atoms with E-state index in [9.17, 15) is 13.2 Å². The van der Waals surface area contributed by atoms with Crippen molar-refractivity contribution < 1.29 is 22.1 Å². The summed E-state index contributed by atoms with van der Waals surface area (Å²) in [5.74, 6) is 0.112. The van der Waals surface area contributed by atoms with Crippen LogP contribution in [0.4, 0.5) is 4.79 Å². The van der Waals surface area contributed by atoms with Gasteiger partial charge in [-0.25, -0.2) is 9.36 Å². The average molecular weight is 311 g/mol. The summed E-state index contributed by atoms with van der Waals surface area (Å²) < 4.78 is 33.9. The summed E-state index contributed by atoms with van der Waals surface area (Å²) in [6, 6.07) is 6.88. The van der Waals surface area contributed by atoms with E-state index in [1.165, 1.54) is 10.8 Å². The first-order valence-electron chi connectivity index (χ1n) is 6.59. The SMILES string of the molecule is CCCCOC(=O)n1cc(OS(C)(=O)=O)c2ccccc21. The van der Waals surface area contributed by atoms with E-state index in [0.717, 1.165) is 19.1 Å². The minimum atomic E-state index is -3.67. The molecule has 21 heavy (non-hydrogen) atoms. The van der Waals surface area contributed by atoms with Crippen LogP contribution in [0.25, 0.3) is 10.9 Å². The number of ether oxygens (including phenoxy) is 1. The summed E-state index contributed by atoms with van der Waals surface area (Å²) in [7, 11) is -3.67. The molecule has 0 radical (unpaired) electrons. The van der Waals surface area contributed by atoms with Gasteiger partial charge in [0.15, 0.2) is 5.75 Å². The van der Waals surface area contributed by atoms with E-state index in [4.69, 9.17) is 8.92 Å². The van der Waals surface area contributed by atoms with Gasteiger partial charge in [-0.05, 0) is 18.6 Å². The molecule has 0 fully saturated rings. The molecule has 0 aliphatic heterocycles. The predicted octanol–water partition coefficient (Wildman–Crippen LogP) is 2.76. The predicted molar refractivity (Wildman–Crippen MR) is 79.1 cm³/mol. The third kappa shape index (κ3) is 3.75. The number of hydrogen-bond donors (Lipinski definition) is 0. The fraction of sp³-hybridized carbons (Fsp3) is 0.357. The second-order valence-corrected chi connectivity index (χ2v) is 6.21. The van der Waals surface area contributed by atoms with Crippen molar-refractivity contribution in [3.63, 3.8) is 0 Å². The highest BCUT2D eigenvalue weighted by Gasteiger charge is 2.17. The largest absolute Gasteiger partial charge is 0.449 e. The highest BCUT2D eigenvalue weighted by atomic mass is 32.2. The van der Waals surface area contributed by atoms with E-state index in [1.54, 1.807) is 24.3 Å². The second-order valence-electron chi connectivity index (χ2n) is 4.64. The monoisotopic (exact) mass is 311 g/mol. The molecule has 1 aromatic carbocycles. The van der Waals surface area contributed by atoms with Crippen LogP contribution in [-0.4, -0.2) is 31.9 Å². The number of unbranched alkanes of at least 4 members (excludes halogenated alkanes) is 1. The molecule has 0 bridgehead atoms. The Morgan fingerprint density at radius 1 is 1.29 bits per heavy atom. The van der Waals surface area contributed by atoms with Gasteiger partial charge >= 0.3 is 16.2 Å². The summed E-state index contributed by atoms with van der Waals surface area (Å²) >= 11 is 0. The van der Waals surface area contributed by atoms with Crippen LogP contribution in [0.15, 0.2) is 30.5 Å². The Morgan fingerprint density at radius 3 is 2.67 bits per heavy atom. The van der Waals surface area contributed by atoms with Crippen molar-refractivity contribution in [1.29, 1.82) is 0 Å². The van der Waals surface area contributed by atoms with Crippen LogP contribution in [0.3, 0.4) is 0 Å². The van der Waals surface area contributed by atoms with Crippen molar-refractivity contribution in [3.8, 4) is 5.75 Å². The van der Waals surface area contributed by atoms with E-state index in [-0.39, 0.29) is 5.75 Å². The Balaban J connectivity index is 2.38. The van der Waals surface area contributed by atoms with Gasteiger partial charge in [-0.1, -0.05) is 25.5 Å². The molecular formula is C14H17NO5S. The summed E-state index contributed by atoms with van der Waals surface area (Å²) in [5.41, 5.74) is 0.539. The second kappa shape index (κ2) is 6.17. The zero-order valence-electron chi connectivity index (χ0n) is 11.9. The standard InChI is InChI=1S/C14H17NO5S/c1-3-4-9-19-14(16)15-10-13(20-21(2,17)18)11-7-5-6-8-12(11)15/h5-8,10H,3-4,9H2,1-2H3. The molecule has 0 unspecified atom stereocenters. The van der Waals surface area contributed by atoms with Crippen LogP contribution in [0, 0.1) is 0 Å². The molecule has 0 aliphatic carbocycles. The molecule has 0 amide bonds. The van der Waals surface area contributed by atoms with E-state index < -0.39 is 16.2 Å². The Kier molecular flexibility index (Phi) is 4.52. The maximum absolute atomic E-state index is 12.0. The van der Waals surface area contributed by atoms with Gasteiger partial charge in [0.05, 0.1) is 24.6 Å². The smallest absolute Gasteiger partial charge is 0.418 e. The summed E-state index contributed by atoms with van der Waals surface area (Å²) in [6.45, 7) is 2.32. The molecule has 0 aliphatic rings. The summed E-state index contributed by atoms with van der Waals surface area (Å²) in [6.07, 6.45) is 3.43. The zero-order valence-corrected chi connectivity index (χ0v) is 12.7. The van der Waals surface area contributed by atoms with Crippen LogP contribution in [0.5, 0.6) is 5.75 Å². The lowest BCUT2D eigenvalue weighted by atomic mass is 10.2. The molecule has 0 saturated heterocycles. The van der Waals surface area contributed by atoms with Crippen LogP contribution >= 0.6 is 0 Å². The molecule has 2 aromatic rings. The number of aromatic nitrogens is 1. The van der Waals surface area contributed by atoms with E-state index >= 15 is 0 Å². The van der Waals surface area contributed by atoms with Crippen LogP contribution in [0.1, 0.15) is 19.8 Å². The third-order valence-corrected chi connectivity index (χ3v) is 3.32.